The number of para-hydroxylation sites is 1. The van der Waals surface area contributed by atoms with E-state index in [1.807, 2.05) is 60.7 Å². The van der Waals surface area contributed by atoms with Gasteiger partial charge in [-0.1, -0.05) is 60.1 Å². The van der Waals surface area contributed by atoms with Gasteiger partial charge in [0.15, 0.2) is 5.65 Å². The molecule has 1 N–H and O–H groups in total. The maximum atomic E-state index is 13.4. The number of rotatable bonds is 6. The predicted octanol–water partition coefficient (Wildman–Crippen LogP) is 6.33. The van der Waals surface area contributed by atoms with Crippen LogP contribution in [-0.2, 0) is 4.74 Å². The van der Waals surface area contributed by atoms with Gasteiger partial charge in [0.25, 0.3) is 0 Å². The molecule has 0 unspecified atom stereocenters. The second-order valence-corrected chi connectivity index (χ2v) is 8.71. The number of aromatic nitrogens is 3. The summed E-state index contributed by atoms with van der Waals surface area (Å²) in [6.45, 7) is 3.71. The van der Waals surface area contributed by atoms with Crippen LogP contribution in [0.5, 0.6) is 0 Å². The van der Waals surface area contributed by atoms with E-state index >= 15 is 0 Å². The zero-order chi connectivity index (χ0) is 25.9. The van der Waals surface area contributed by atoms with Crippen LogP contribution in [0.1, 0.15) is 23.0 Å². The van der Waals surface area contributed by atoms with E-state index in [0.717, 1.165) is 5.56 Å². The molecule has 0 saturated heterocycles. The van der Waals surface area contributed by atoms with Crippen LogP contribution in [-0.4, -0.2) is 27.1 Å². The van der Waals surface area contributed by atoms with E-state index in [0.29, 0.717) is 44.3 Å². The SMILES string of the molecule is CCOC(=O)c1c(C)nc2c(c(Nc3ccc(Cl)cc3)nc(=O)n2-c2ccccc2)c1-c1ccccc1. The van der Waals surface area contributed by atoms with Crippen molar-refractivity contribution >= 4 is 40.1 Å². The summed E-state index contributed by atoms with van der Waals surface area (Å²) in [5.74, 6) is -0.227. The van der Waals surface area contributed by atoms with Gasteiger partial charge in [-0.15, -0.1) is 0 Å². The van der Waals surface area contributed by atoms with Crippen LogP contribution in [0.15, 0.2) is 89.7 Å². The van der Waals surface area contributed by atoms with Gasteiger partial charge >= 0.3 is 11.7 Å². The zero-order valence-electron chi connectivity index (χ0n) is 20.2. The molecule has 7 nitrogen and oxygen atoms in total. The molecule has 2 heterocycles. The van der Waals surface area contributed by atoms with Crippen molar-refractivity contribution in [3.05, 3.63) is 112 Å². The maximum Gasteiger partial charge on any atom is 0.355 e. The molecule has 0 fully saturated rings. The lowest BCUT2D eigenvalue weighted by Gasteiger charge is -2.20. The van der Waals surface area contributed by atoms with Crippen LogP contribution < -0.4 is 11.0 Å². The van der Waals surface area contributed by atoms with Gasteiger partial charge in [-0.2, -0.15) is 4.98 Å². The lowest BCUT2D eigenvalue weighted by atomic mass is 9.95. The van der Waals surface area contributed by atoms with Crippen molar-refractivity contribution in [1.29, 1.82) is 0 Å². The number of halogens is 1. The molecule has 5 rings (SSSR count). The van der Waals surface area contributed by atoms with Crippen molar-refractivity contribution in [2.24, 2.45) is 0 Å². The predicted molar refractivity (Wildman–Crippen MR) is 146 cm³/mol. The Labute approximate surface area is 218 Å². The monoisotopic (exact) mass is 510 g/mol. The van der Waals surface area contributed by atoms with E-state index < -0.39 is 11.7 Å². The average Bonchev–Trinajstić information content (AvgIpc) is 2.90. The molecular weight excluding hydrogens is 488 g/mol. The highest BCUT2D eigenvalue weighted by atomic mass is 35.5. The van der Waals surface area contributed by atoms with Crippen LogP contribution in [0.3, 0.4) is 0 Å². The average molecular weight is 511 g/mol. The molecule has 0 aliphatic rings. The van der Waals surface area contributed by atoms with Crippen LogP contribution in [0.4, 0.5) is 11.5 Å². The first kappa shape index (κ1) is 24.2. The van der Waals surface area contributed by atoms with Gasteiger partial charge in [-0.3, -0.25) is 0 Å². The minimum Gasteiger partial charge on any atom is -0.462 e. The second-order valence-electron chi connectivity index (χ2n) is 8.28. The van der Waals surface area contributed by atoms with Gasteiger partial charge in [0.05, 0.1) is 28.9 Å². The highest BCUT2D eigenvalue weighted by Gasteiger charge is 2.26. The summed E-state index contributed by atoms with van der Waals surface area (Å²) < 4.78 is 6.88. The molecular formula is C29H23ClN4O3. The Morgan fingerprint density at radius 3 is 2.24 bits per heavy atom. The molecule has 8 heteroatoms. The lowest BCUT2D eigenvalue weighted by Crippen LogP contribution is -2.25. The topological polar surface area (TPSA) is 86.1 Å². The second kappa shape index (κ2) is 10.2. The normalized spacial score (nSPS) is 10.9. The molecule has 0 aliphatic heterocycles. The van der Waals surface area contributed by atoms with E-state index in [1.54, 1.807) is 38.1 Å². The summed E-state index contributed by atoms with van der Waals surface area (Å²) in [5.41, 5.74) is 3.25. The number of esters is 1. The fraction of sp³-hybridized carbons (Fsp3) is 0.103. The van der Waals surface area contributed by atoms with Gasteiger partial charge in [0.1, 0.15) is 5.82 Å². The van der Waals surface area contributed by atoms with Gasteiger partial charge in [0.2, 0.25) is 0 Å². The quantitative estimate of drug-likeness (QED) is 0.269. The molecule has 0 amide bonds. The number of hydrogen-bond donors (Lipinski definition) is 1. The first-order valence-corrected chi connectivity index (χ1v) is 12.1. The van der Waals surface area contributed by atoms with Gasteiger partial charge in [-0.25, -0.2) is 19.1 Å². The summed E-state index contributed by atoms with van der Waals surface area (Å²) in [6.07, 6.45) is 0. The Balaban J connectivity index is 1.94. The van der Waals surface area contributed by atoms with E-state index in [-0.39, 0.29) is 12.4 Å². The molecule has 0 saturated carbocycles. The van der Waals surface area contributed by atoms with Crippen molar-refractivity contribution in [1.82, 2.24) is 14.5 Å². The number of carbonyl (C=O) groups excluding carboxylic acids is 1. The van der Waals surface area contributed by atoms with Crippen molar-refractivity contribution in [3.63, 3.8) is 0 Å². The molecule has 5 aromatic rings. The number of ether oxygens (including phenoxy) is 1. The van der Waals surface area contributed by atoms with Crippen molar-refractivity contribution in [2.45, 2.75) is 13.8 Å². The van der Waals surface area contributed by atoms with E-state index in [4.69, 9.17) is 21.3 Å². The van der Waals surface area contributed by atoms with Crippen LogP contribution in [0.25, 0.3) is 27.8 Å². The highest BCUT2D eigenvalue weighted by Crippen LogP contribution is 2.38. The Morgan fingerprint density at radius 2 is 1.59 bits per heavy atom. The molecule has 0 atom stereocenters. The Bertz CT molecular complexity index is 1650. The standard InChI is InChI=1S/C29H23ClN4O3/c1-3-37-28(35)23-18(2)31-27-25(24(23)19-10-6-4-7-11-19)26(32-21-16-14-20(30)15-17-21)33-29(36)34(27)22-12-8-5-9-13-22/h4-17H,3H2,1-2H3,(H,32,33,36). The van der Waals surface area contributed by atoms with E-state index in [2.05, 4.69) is 10.3 Å². The molecule has 37 heavy (non-hydrogen) atoms. The van der Waals surface area contributed by atoms with Crippen molar-refractivity contribution in [3.8, 4) is 16.8 Å². The smallest absolute Gasteiger partial charge is 0.355 e. The van der Waals surface area contributed by atoms with Crippen LogP contribution in [0.2, 0.25) is 5.02 Å². The minimum absolute atomic E-state index is 0.211. The van der Waals surface area contributed by atoms with E-state index in [1.165, 1.54) is 4.57 Å². The number of pyridine rings is 1. The summed E-state index contributed by atoms with van der Waals surface area (Å²) in [7, 11) is 0. The molecule has 0 bridgehead atoms. The highest BCUT2D eigenvalue weighted by molar-refractivity contribution is 6.30. The van der Waals surface area contributed by atoms with Gasteiger partial charge in [-0.05, 0) is 55.8 Å². The van der Waals surface area contributed by atoms with Crippen molar-refractivity contribution in [2.75, 3.05) is 11.9 Å². The Hall–Kier alpha value is -4.49. The minimum atomic E-state index is -0.509. The number of nitrogens with one attached hydrogen (secondary N) is 1. The Kier molecular flexibility index (Phi) is 6.70. The first-order valence-electron chi connectivity index (χ1n) is 11.8. The molecule has 184 valence electrons. The van der Waals surface area contributed by atoms with Crippen LogP contribution in [0, 0.1) is 6.92 Å². The van der Waals surface area contributed by atoms with Crippen molar-refractivity contribution < 1.29 is 9.53 Å². The number of anilines is 2. The largest absolute Gasteiger partial charge is 0.462 e. The molecule has 0 aliphatic carbocycles. The van der Waals surface area contributed by atoms with Gasteiger partial charge < -0.3 is 10.1 Å². The summed E-state index contributed by atoms with van der Waals surface area (Å²) in [6, 6.07) is 25.7. The molecule has 3 aromatic carbocycles. The summed E-state index contributed by atoms with van der Waals surface area (Å²) in [5, 5.41) is 4.34. The van der Waals surface area contributed by atoms with Gasteiger partial charge in [0, 0.05) is 16.3 Å². The Morgan fingerprint density at radius 1 is 0.946 bits per heavy atom. The number of benzene rings is 3. The third-order valence-electron chi connectivity index (χ3n) is 5.87. The van der Waals surface area contributed by atoms with E-state index in [9.17, 15) is 9.59 Å². The summed E-state index contributed by atoms with van der Waals surface area (Å²) in [4.78, 5) is 35.9. The molecule has 2 aromatic heterocycles. The number of hydrogen-bond acceptors (Lipinski definition) is 6. The number of aryl methyl sites for hydroxylation is 1. The zero-order valence-corrected chi connectivity index (χ0v) is 21.0. The maximum absolute atomic E-state index is 13.4. The number of nitrogens with zero attached hydrogens (tertiary/aromatic N) is 3. The van der Waals surface area contributed by atoms with Crippen LogP contribution >= 0.6 is 11.6 Å². The first-order chi connectivity index (χ1) is 18.0. The number of carbonyl (C=O) groups is 1. The lowest BCUT2D eigenvalue weighted by molar-refractivity contribution is 0.0526. The third-order valence-corrected chi connectivity index (χ3v) is 6.12. The summed E-state index contributed by atoms with van der Waals surface area (Å²) >= 11 is 6.07. The molecule has 0 spiro atoms. The third kappa shape index (κ3) is 4.69. The number of fused-ring (bicyclic) bond motifs is 1. The fourth-order valence-corrected chi connectivity index (χ4v) is 4.41. The fourth-order valence-electron chi connectivity index (χ4n) is 4.28. The molecule has 0 radical (unpaired) electrons.